The van der Waals surface area contributed by atoms with E-state index >= 15 is 0 Å². The van der Waals surface area contributed by atoms with Crippen LogP contribution in [0.3, 0.4) is 0 Å². The van der Waals surface area contributed by atoms with E-state index in [1.165, 1.54) is 0 Å². The number of hydrogen-bond acceptors (Lipinski definition) is 2. The summed E-state index contributed by atoms with van der Waals surface area (Å²) in [6.07, 6.45) is 10.4. The van der Waals surface area contributed by atoms with Crippen LogP contribution in [-0.4, -0.2) is 10.3 Å². The van der Waals surface area contributed by atoms with Crippen molar-refractivity contribution in [3.8, 4) is 6.07 Å². The van der Waals surface area contributed by atoms with Crippen molar-refractivity contribution in [2.45, 2.75) is 45.0 Å². The second kappa shape index (κ2) is 8.23. The van der Waals surface area contributed by atoms with Crippen LogP contribution in [0.5, 0.6) is 0 Å². The van der Waals surface area contributed by atoms with E-state index in [1.54, 1.807) is 0 Å². The van der Waals surface area contributed by atoms with Gasteiger partial charge in [0.2, 0.25) is 6.33 Å². The van der Waals surface area contributed by atoms with Crippen LogP contribution in [0.2, 0.25) is 0 Å². The molecule has 0 saturated heterocycles. The highest BCUT2D eigenvalue weighted by Gasteiger charge is 2.02. The quantitative estimate of drug-likeness (QED) is 0.515. The average molecular weight is 238 g/mol. The Labute approximate surface area is 102 Å². The van der Waals surface area contributed by atoms with Gasteiger partial charge < -0.3 is 0 Å². The van der Waals surface area contributed by atoms with Gasteiger partial charge in [-0.1, -0.05) is 6.92 Å². The number of imidazole rings is 1. The van der Waals surface area contributed by atoms with E-state index in [2.05, 4.69) is 40.8 Å². The SMILES string of the molecule is CCSC[n+]1ccn(CCCCCC#N)c1. The van der Waals surface area contributed by atoms with E-state index in [0.717, 1.165) is 37.4 Å². The highest BCUT2D eigenvalue weighted by molar-refractivity contribution is 7.98. The van der Waals surface area contributed by atoms with Crippen molar-refractivity contribution in [3.05, 3.63) is 18.7 Å². The lowest BCUT2D eigenvalue weighted by Gasteiger charge is -1.96. The maximum Gasteiger partial charge on any atom is 0.244 e. The van der Waals surface area contributed by atoms with Gasteiger partial charge >= 0.3 is 0 Å². The van der Waals surface area contributed by atoms with Gasteiger partial charge in [-0.15, -0.1) is 11.8 Å². The first kappa shape index (κ1) is 13.1. The maximum atomic E-state index is 8.41. The fourth-order valence-corrected chi connectivity index (χ4v) is 2.07. The first-order valence-corrected chi connectivity index (χ1v) is 7.01. The summed E-state index contributed by atoms with van der Waals surface area (Å²) in [4.78, 5) is 0. The molecule has 1 rings (SSSR count). The first-order valence-electron chi connectivity index (χ1n) is 5.86. The number of aryl methyl sites for hydroxylation is 1. The highest BCUT2D eigenvalue weighted by atomic mass is 32.2. The molecular formula is C12H20N3S+. The summed E-state index contributed by atoms with van der Waals surface area (Å²) >= 11 is 1.92. The van der Waals surface area contributed by atoms with Crippen molar-refractivity contribution in [2.75, 3.05) is 5.75 Å². The summed E-state index contributed by atoms with van der Waals surface area (Å²) in [5, 5.41) is 8.41. The molecule has 0 saturated carbocycles. The molecule has 0 atom stereocenters. The molecule has 0 aliphatic carbocycles. The molecule has 0 aromatic carbocycles. The molecule has 3 nitrogen and oxygen atoms in total. The zero-order chi connectivity index (χ0) is 11.6. The number of thioether (sulfide) groups is 1. The van der Waals surface area contributed by atoms with E-state index in [9.17, 15) is 0 Å². The Balaban J connectivity index is 2.17. The van der Waals surface area contributed by atoms with Crippen molar-refractivity contribution < 1.29 is 4.57 Å². The number of hydrogen-bond donors (Lipinski definition) is 0. The van der Waals surface area contributed by atoms with Crippen molar-refractivity contribution >= 4 is 11.8 Å². The van der Waals surface area contributed by atoms with Crippen molar-refractivity contribution in [1.29, 1.82) is 5.26 Å². The van der Waals surface area contributed by atoms with Crippen LogP contribution in [0.15, 0.2) is 18.7 Å². The second-order valence-corrected chi connectivity index (χ2v) is 5.00. The van der Waals surface area contributed by atoms with Gasteiger partial charge in [0.1, 0.15) is 18.3 Å². The largest absolute Gasteiger partial charge is 0.244 e. The monoisotopic (exact) mass is 238 g/mol. The fourth-order valence-electron chi connectivity index (χ4n) is 1.52. The third-order valence-corrected chi connectivity index (χ3v) is 3.28. The van der Waals surface area contributed by atoms with Crippen LogP contribution in [-0.2, 0) is 12.4 Å². The summed E-state index contributed by atoms with van der Waals surface area (Å²) in [7, 11) is 0. The summed E-state index contributed by atoms with van der Waals surface area (Å²) in [5.74, 6) is 2.20. The zero-order valence-electron chi connectivity index (χ0n) is 9.93. The van der Waals surface area contributed by atoms with Crippen LogP contribution in [0.25, 0.3) is 0 Å². The molecule has 0 aliphatic heterocycles. The number of unbranched alkanes of at least 4 members (excludes halogenated alkanes) is 3. The molecule has 0 unspecified atom stereocenters. The third kappa shape index (κ3) is 5.22. The van der Waals surface area contributed by atoms with Crippen molar-refractivity contribution in [3.63, 3.8) is 0 Å². The Morgan fingerprint density at radius 2 is 2.25 bits per heavy atom. The molecule has 16 heavy (non-hydrogen) atoms. The molecule has 0 fully saturated rings. The van der Waals surface area contributed by atoms with Crippen LogP contribution in [0.4, 0.5) is 0 Å². The van der Waals surface area contributed by atoms with Gasteiger partial charge in [-0.2, -0.15) is 5.26 Å². The molecule has 88 valence electrons. The molecule has 4 heteroatoms. The van der Waals surface area contributed by atoms with E-state index in [1.807, 2.05) is 11.8 Å². The molecule has 0 N–H and O–H groups in total. The molecule has 0 aliphatic rings. The molecular weight excluding hydrogens is 218 g/mol. The van der Waals surface area contributed by atoms with Crippen molar-refractivity contribution in [1.82, 2.24) is 4.57 Å². The minimum Gasteiger partial charge on any atom is -0.237 e. The predicted octanol–water partition coefficient (Wildman–Crippen LogP) is 2.57. The molecule has 0 amide bonds. The van der Waals surface area contributed by atoms with Gasteiger partial charge in [-0.25, -0.2) is 9.13 Å². The number of rotatable bonds is 8. The topological polar surface area (TPSA) is 32.6 Å². The Bertz CT molecular complexity index is 327. The average Bonchev–Trinajstić information content (AvgIpc) is 2.74. The van der Waals surface area contributed by atoms with E-state index in [-0.39, 0.29) is 0 Å². The number of aromatic nitrogens is 2. The van der Waals surface area contributed by atoms with Crippen LogP contribution >= 0.6 is 11.8 Å². The molecule has 0 spiro atoms. The zero-order valence-corrected chi connectivity index (χ0v) is 10.7. The second-order valence-electron chi connectivity index (χ2n) is 3.76. The lowest BCUT2D eigenvalue weighted by Crippen LogP contribution is -2.29. The minimum absolute atomic E-state index is 0.693. The molecule has 0 radical (unpaired) electrons. The minimum atomic E-state index is 0.693. The summed E-state index contributed by atoms with van der Waals surface area (Å²) < 4.78 is 4.44. The lowest BCUT2D eigenvalue weighted by atomic mass is 10.2. The van der Waals surface area contributed by atoms with Crippen molar-refractivity contribution in [2.24, 2.45) is 0 Å². The Hall–Kier alpha value is -0.950. The Morgan fingerprint density at radius 3 is 3.00 bits per heavy atom. The molecule has 1 heterocycles. The van der Waals surface area contributed by atoms with E-state index < -0.39 is 0 Å². The van der Waals surface area contributed by atoms with Gasteiger partial charge in [0, 0.05) is 6.42 Å². The molecule has 1 aromatic rings. The highest BCUT2D eigenvalue weighted by Crippen LogP contribution is 2.02. The van der Waals surface area contributed by atoms with Crippen LogP contribution in [0, 0.1) is 11.3 Å². The summed E-state index contributed by atoms with van der Waals surface area (Å²) in [6.45, 7) is 3.24. The van der Waals surface area contributed by atoms with Gasteiger partial charge in [0.25, 0.3) is 0 Å². The smallest absolute Gasteiger partial charge is 0.237 e. The molecule has 0 bridgehead atoms. The number of nitrogens with zero attached hydrogens (tertiary/aromatic N) is 3. The van der Waals surface area contributed by atoms with Gasteiger partial charge in [0.15, 0.2) is 0 Å². The normalized spacial score (nSPS) is 10.2. The third-order valence-electron chi connectivity index (χ3n) is 2.40. The fraction of sp³-hybridized carbons (Fsp3) is 0.667. The maximum absolute atomic E-state index is 8.41. The lowest BCUT2D eigenvalue weighted by molar-refractivity contribution is -0.675. The summed E-state index contributed by atoms with van der Waals surface area (Å²) in [5.41, 5.74) is 0. The van der Waals surface area contributed by atoms with E-state index in [4.69, 9.17) is 5.26 Å². The standard InChI is InChI=1S/C12H20N3S/c1-2-16-12-15-10-9-14(11-15)8-6-4-3-5-7-13/h9-11H,2-6,8,12H2,1H3/q+1. The van der Waals surface area contributed by atoms with Gasteiger partial charge in [0.05, 0.1) is 12.6 Å². The summed E-state index contributed by atoms with van der Waals surface area (Å²) in [6, 6.07) is 2.18. The Kier molecular flexibility index (Phi) is 6.75. The molecule has 1 aromatic heterocycles. The predicted molar refractivity (Wildman–Crippen MR) is 66.8 cm³/mol. The van der Waals surface area contributed by atoms with Gasteiger partial charge in [-0.05, 0) is 25.0 Å². The van der Waals surface area contributed by atoms with Crippen LogP contribution < -0.4 is 4.57 Å². The number of nitriles is 1. The van der Waals surface area contributed by atoms with Crippen LogP contribution in [0.1, 0.15) is 32.6 Å². The Morgan fingerprint density at radius 1 is 1.38 bits per heavy atom. The van der Waals surface area contributed by atoms with E-state index in [0.29, 0.717) is 6.42 Å². The van der Waals surface area contributed by atoms with Gasteiger partial charge in [-0.3, -0.25) is 0 Å². The first-order chi connectivity index (χ1) is 7.86.